The summed E-state index contributed by atoms with van der Waals surface area (Å²) in [6.07, 6.45) is 0.865. The Morgan fingerprint density at radius 1 is 0.767 bits per heavy atom. The van der Waals surface area contributed by atoms with Crippen LogP contribution in [0.25, 0.3) is 0 Å². The van der Waals surface area contributed by atoms with Crippen molar-refractivity contribution in [2.45, 2.75) is 135 Å². The Kier molecular flexibility index (Phi) is 7.89. The van der Waals surface area contributed by atoms with Crippen LogP contribution in [-0.2, 0) is 13.6 Å². The topological polar surface area (TPSA) is 38.8 Å². The van der Waals surface area contributed by atoms with Crippen molar-refractivity contribution in [3.05, 3.63) is 0 Å². The minimum Gasteiger partial charge on any atom is -0.518 e. The molecular formula is C23H51NO3Si3. The molecule has 1 fully saturated rings. The van der Waals surface area contributed by atoms with Crippen molar-refractivity contribution < 1.29 is 13.6 Å². The van der Waals surface area contributed by atoms with Crippen molar-refractivity contribution in [3.8, 4) is 0 Å². The normalized spacial score (nSPS) is 23.0. The summed E-state index contributed by atoms with van der Waals surface area (Å²) in [5.74, 6) is -0.0206. The molecule has 2 unspecified atom stereocenters. The Morgan fingerprint density at radius 2 is 1.20 bits per heavy atom. The zero-order valence-electron chi connectivity index (χ0n) is 22.7. The van der Waals surface area contributed by atoms with Gasteiger partial charge in [-0.15, -0.1) is 0 Å². The summed E-state index contributed by atoms with van der Waals surface area (Å²) in [4.78, 5) is 13.5. The second-order valence-corrected chi connectivity index (χ2v) is 28.6. The minimum atomic E-state index is -2.16. The van der Waals surface area contributed by atoms with Crippen molar-refractivity contribution in [1.29, 1.82) is 0 Å². The van der Waals surface area contributed by atoms with Crippen LogP contribution < -0.4 is 0 Å². The molecule has 0 amide bonds. The minimum absolute atomic E-state index is 0.0140. The standard InChI is InChI=1S/C23H51NO3Si3/c1-21(2,3)28(10,11)24-17-18(26-29(12,13)22(4,5)6)16-19(24)20(25)27-30(14,15)23(7,8)9/h18-19H,16-17H2,1-15H3. The van der Waals surface area contributed by atoms with Gasteiger partial charge in [-0.05, 0) is 47.7 Å². The fraction of sp³-hybridized carbons (Fsp3) is 0.957. The third-order valence-electron chi connectivity index (χ3n) is 8.52. The lowest BCUT2D eigenvalue weighted by Gasteiger charge is -2.47. The first-order valence-electron chi connectivity index (χ1n) is 11.6. The maximum atomic E-state index is 13.5. The molecule has 0 radical (unpaired) electrons. The quantitative estimate of drug-likeness (QED) is 0.403. The number of rotatable bonds is 5. The highest BCUT2D eigenvalue weighted by Crippen LogP contribution is 2.45. The molecule has 178 valence electrons. The van der Waals surface area contributed by atoms with Crippen molar-refractivity contribution in [2.24, 2.45) is 0 Å². The highest BCUT2D eigenvalue weighted by molar-refractivity contribution is 6.78. The molecule has 1 aliphatic rings. The number of carbonyl (C=O) groups excluding carboxylic acids is 1. The molecule has 1 saturated heterocycles. The van der Waals surface area contributed by atoms with Crippen LogP contribution in [0.4, 0.5) is 0 Å². The van der Waals surface area contributed by atoms with Gasteiger partial charge in [0.2, 0.25) is 0 Å². The van der Waals surface area contributed by atoms with Crippen LogP contribution in [0.2, 0.25) is 54.4 Å². The van der Waals surface area contributed by atoms with Crippen LogP contribution in [0.3, 0.4) is 0 Å². The smallest absolute Gasteiger partial charge is 0.309 e. The molecule has 0 spiro atoms. The summed E-state index contributed by atoms with van der Waals surface area (Å²) in [6, 6.07) is -0.185. The Morgan fingerprint density at radius 3 is 1.57 bits per heavy atom. The van der Waals surface area contributed by atoms with E-state index >= 15 is 0 Å². The predicted molar refractivity (Wildman–Crippen MR) is 138 cm³/mol. The maximum Gasteiger partial charge on any atom is 0.309 e. The zero-order valence-corrected chi connectivity index (χ0v) is 25.7. The van der Waals surface area contributed by atoms with E-state index in [0.717, 1.165) is 13.0 Å². The second-order valence-electron chi connectivity index (χ2n) is 13.9. The van der Waals surface area contributed by atoms with Gasteiger partial charge < -0.3 is 13.4 Å². The molecule has 0 N–H and O–H groups in total. The van der Waals surface area contributed by atoms with E-state index in [1.165, 1.54) is 0 Å². The molecule has 0 saturated carbocycles. The van der Waals surface area contributed by atoms with Crippen LogP contribution >= 0.6 is 0 Å². The predicted octanol–water partition coefficient (Wildman–Crippen LogP) is 7.00. The van der Waals surface area contributed by atoms with Crippen LogP contribution in [0.5, 0.6) is 0 Å². The Bertz CT molecular complexity index is 625. The fourth-order valence-electron chi connectivity index (χ4n) is 3.22. The lowest BCUT2D eigenvalue weighted by Crippen LogP contribution is -2.60. The number of hydrogen-bond donors (Lipinski definition) is 0. The molecule has 0 bridgehead atoms. The van der Waals surface area contributed by atoms with Crippen molar-refractivity contribution in [3.63, 3.8) is 0 Å². The van der Waals surface area contributed by atoms with Gasteiger partial charge in [0.1, 0.15) is 14.3 Å². The van der Waals surface area contributed by atoms with Gasteiger partial charge in [0.25, 0.3) is 8.32 Å². The fourth-order valence-corrected chi connectivity index (χ4v) is 8.04. The largest absolute Gasteiger partial charge is 0.518 e. The van der Waals surface area contributed by atoms with Crippen molar-refractivity contribution >= 4 is 30.8 Å². The van der Waals surface area contributed by atoms with Gasteiger partial charge in [-0.3, -0.25) is 4.79 Å². The summed E-state index contributed by atoms with van der Waals surface area (Å²) >= 11 is 0. The molecule has 1 rings (SSSR count). The van der Waals surface area contributed by atoms with Crippen molar-refractivity contribution in [1.82, 2.24) is 4.57 Å². The summed E-state index contributed by atoms with van der Waals surface area (Å²) in [7, 11) is -5.96. The molecular weight excluding hydrogens is 423 g/mol. The third kappa shape index (κ3) is 5.88. The van der Waals surface area contributed by atoms with Gasteiger partial charge in [0.15, 0.2) is 8.32 Å². The van der Waals surface area contributed by atoms with Gasteiger partial charge in [-0.25, -0.2) is 0 Å². The van der Waals surface area contributed by atoms with Crippen LogP contribution in [-0.4, -0.2) is 54.1 Å². The van der Waals surface area contributed by atoms with Gasteiger partial charge >= 0.3 is 5.97 Å². The monoisotopic (exact) mass is 473 g/mol. The van der Waals surface area contributed by atoms with E-state index in [1.807, 2.05) is 0 Å². The van der Waals surface area contributed by atoms with E-state index in [4.69, 9.17) is 8.85 Å². The van der Waals surface area contributed by atoms with Crippen molar-refractivity contribution in [2.75, 3.05) is 6.54 Å². The summed E-state index contributed by atoms with van der Waals surface area (Å²) in [5.41, 5.74) is 0. The Hall–Kier alpha value is 0.0406. The molecule has 1 heterocycles. The summed E-state index contributed by atoms with van der Waals surface area (Å²) in [5, 5.41) is 0.336. The first-order chi connectivity index (χ1) is 12.9. The van der Waals surface area contributed by atoms with Crippen LogP contribution in [0.15, 0.2) is 0 Å². The van der Waals surface area contributed by atoms with Crippen LogP contribution in [0, 0.1) is 0 Å². The maximum absolute atomic E-state index is 13.5. The molecule has 0 aromatic heterocycles. The lowest BCUT2D eigenvalue weighted by molar-refractivity contribution is -0.139. The Balaban J connectivity index is 3.24. The zero-order chi connectivity index (χ0) is 24.1. The molecule has 2 atom stereocenters. The van der Waals surface area contributed by atoms with Gasteiger partial charge in [-0.1, -0.05) is 75.4 Å². The van der Waals surface area contributed by atoms with E-state index < -0.39 is 24.9 Å². The molecule has 7 heteroatoms. The average molecular weight is 474 g/mol. The van der Waals surface area contributed by atoms with E-state index in [9.17, 15) is 4.79 Å². The average Bonchev–Trinajstić information content (AvgIpc) is 2.87. The molecule has 30 heavy (non-hydrogen) atoms. The van der Waals surface area contributed by atoms with Gasteiger partial charge in [-0.2, -0.15) is 0 Å². The van der Waals surface area contributed by atoms with E-state index in [2.05, 4.69) is 106 Å². The molecule has 0 aromatic carbocycles. The summed E-state index contributed by atoms with van der Waals surface area (Å²) < 4.78 is 15.6. The molecule has 0 aromatic rings. The number of carbonyl (C=O) groups is 1. The van der Waals surface area contributed by atoms with Crippen LogP contribution in [0.1, 0.15) is 68.7 Å². The second kappa shape index (κ2) is 8.43. The molecule has 4 nitrogen and oxygen atoms in total. The molecule has 1 aliphatic heterocycles. The highest BCUT2D eigenvalue weighted by Gasteiger charge is 2.53. The third-order valence-corrected chi connectivity index (χ3v) is 23.0. The summed E-state index contributed by atoms with van der Waals surface area (Å²) in [6.45, 7) is 35.0. The van der Waals surface area contributed by atoms with E-state index in [0.29, 0.717) is 0 Å². The van der Waals surface area contributed by atoms with Gasteiger partial charge in [0.05, 0.1) is 6.10 Å². The van der Waals surface area contributed by atoms with E-state index in [-0.39, 0.29) is 33.2 Å². The van der Waals surface area contributed by atoms with Gasteiger partial charge in [0, 0.05) is 6.54 Å². The first-order valence-corrected chi connectivity index (χ1v) is 20.4. The molecule has 0 aliphatic carbocycles. The highest BCUT2D eigenvalue weighted by atomic mass is 28.4. The van der Waals surface area contributed by atoms with E-state index in [1.54, 1.807) is 0 Å². The SMILES string of the molecule is CC(C)(C)[Si](C)(C)OC(=O)C1CC(O[Si](C)(C)C(C)(C)C)CN1[Si](C)(C)C(C)(C)C. The number of nitrogens with zero attached hydrogens (tertiary/aromatic N) is 1. The number of hydrogen-bond acceptors (Lipinski definition) is 4. The first kappa shape index (κ1) is 28.1. The Labute approximate surface area is 190 Å². The lowest BCUT2D eigenvalue weighted by atomic mass is 10.2.